The quantitative estimate of drug-likeness (QED) is 0.368. The number of pyridine rings is 1. The highest BCUT2D eigenvalue weighted by molar-refractivity contribution is 7.12. The van der Waals surface area contributed by atoms with E-state index >= 15 is 0 Å². The highest BCUT2D eigenvalue weighted by Crippen LogP contribution is 2.29. The monoisotopic (exact) mass is 459 g/mol. The van der Waals surface area contributed by atoms with Gasteiger partial charge in [0.15, 0.2) is 0 Å². The molecule has 0 bridgehead atoms. The number of fused-ring (bicyclic) bond motifs is 1. The lowest BCUT2D eigenvalue weighted by Crippen LogP contribution is -2.39. The van der Waals surface area contributed by atoms with Crippen LogP contribution in [0.1, 0.15) is 64.2 Å². The average molecular weight is 460 g/mol. The van der Waals surface area contributed by atoms with Crippen LogP contribution in [0.25, 0.3) is 22.0 Å². The number of amides is 2. The first-order chi connectivity index (χ1) is 16.1. The molecular weight excluding hydrogens is 434 g/mol. The summed E-state index contributed by atoms with van der Waals surface area (Å²) in [6.45, 7) is 2.03. The van der Waals surface area contributed by atoms with Gasteiger partial charge in [0.25, 0.3) is 11.8 Å². The van der Waals surface area contributed by atoms with Crippen molar-refractivity contribution in [3.8, 4) is 11.1 Å². The number of aromatic nitrogens is 3. The highest BCUT2D eigenvalue weighted by Gasteiger charge is 2.21. The molecule has 8 heteroatoms. The molecule has 3 N–H and O–H groups in total. The fourth-order valence-corrected chi connectivity index (χ4v) is 4.79. The van der Waals surface area contributed by atoms with Crippen LogP contribution in [0.3, 0.4) is 0 Å². The van der Waals surface area contributed by atoms with Gasteiger partial charge >= 0.3 is 0 Å². The predicted molar refractivity (Wildman–Crippen MR) is 129 cm³/mol. The smallest absolute Gasteiger partial charge is 0.261 e. The van der Waals surface area contributed by atoms with Crippen LogP contribution in [-0.2, 0) is 0 Å². The molecule has 1 aliphatic rings. The van der Waals surface area contributed by atoms with Crippen molar-refractivity contribution in [2.75, 3.05) is 0 Å². The van der Waals surface area contributed by atoms with Crippen molar-refractivity contribution in [1.29, 1.82) is 0 Å². The molecule has 1 fully saturated rings. The number of aromatic amines is 1. The first-order valence-electron chi connectivity index (χ1n) is 11.2. The molecule has 5 rings (SSSR count). The minimum absolute atomic E-state index is 0.00615. The number of nitrogens with zero attached hydrogens (tertiary/aromatic N) is 2. The van der Waals surface area contributed by atoms with E-state index in [4.69, 9.17) is 0 Å². The van der Waals surface area contributed by atoms with E-state index < -0.39 is 0 Å². The van der Waals surface area contributed by atoms with Crippen molar-refractivity contribution in [1.82, 2.24) is 25.8 Å². The number of carbonyl (C=O) groups excluding carboxylic acids is 2. The van der Waals surface area contributed by atoms with Crippen molar-refractivity contribution in [2.45, 2.75) is 44.7 Å². The van der Waals surface area contributed by atoms with E-state index in [1.807, 2.05) is 36.6 Å². The van der Waals surface area contributed by atoms with E-state index in [1.54, 1.807) is 24.7 Å². The van der Waals surface area contributed by atoms with Gasteiger partial charge in [-0.05, 0) is 72.5 Å². The summed E-state index contributed by atoms with van der Waals surface area (Å²) >= 11 is 1.44. The number of rotatable bonds is 7. The Morgan fingerprint density at radius 1 is 1.12 bits per heavy atom. The zero-order valence-corrected chi connectivity index (χ0v) is 19.1. The number of carbonyl (C=O) groups is 2. The first kappa shape index (κ1) is 21.3. The summed E-state index contributed by atoms with van der Waals surface area (Å²) in [5.74, 6) is -0.144. The molecule has 0 aliphatic heterocycles. The molecule has 7 nitrogen and oxygen atoms in total. The summed E-state index contributed by atoms with van der Waals surface area (Å²) < 4.78 is 0. The molecule has 3 aromatic heterocycles. The van der Waals surface area contributed by atoms with Gasteiger partial charge < -0.3 is 10.6 Å². The topological polar surface area (TPSA) is 99.8 Å². The predicted octanol–water partition coefficient (Wildman–Crippen LogP) is 4.85. The maximum Gasteiger partial charge on any atom is 0.261 e. The van der Waals surface area contributed by atoms with Gasteiger partial charge in [-0.25, -0.2) is 0 Å². The summed E-state index contributed by atoms with van der Waals surface area (Å²) in [5, 5.41) is 16.0. The van der Waals surface area contributed by atoms with Gasteiger partial charge in [0.1, 0.15) is 0 Å². The lowest BCUT2D eigenvalue weighted by molar-refractivity contribution is 0.0917. The summed E-state index contributed by atoms with van der Waals surface area (Å²) in [6, 6.07) is 9.57. The largest absolute Gasteiger partial charge is 0.349 e. The third-order valence-corrected chi connectivity index (χ3v) is 7.10. The Morgan fingerprint density at radius 2 is 2.00 bits per heavy atom. The van der Waals surface area contributed by atoms with E-state index in [-0.39, 0.29) is 17.9 Å². The van der Waals surface area contributed by atoms with Crippen LogP contribution in [0.2, 0.25) is 0 Å². The second kappa shape index (κ2) is 9.15. The van der Waals surface area contributed by atoms with Crippen molar-refractivity contribution in [3.63, 3.8) is 0 Å². The second-order valence-electron chi connectivity index (χ2n) is 8.41. The number of nitrogens with one attached hydrogen (secondary N) is 3. The highest BCUT2D eigenvalue weighted by atomic mass is 32.1. The molecule has 3 heterocycles. The number of benzene rings is 1. The third-order valence-electron chi connectivity index (χ3n) is 6.17. The minimum Gasteiger partial charge on any atom is -0.349 e. The van der Waals surface area contributed by atoms with Crippen LogP contribution in [0.4, 0.5) is 0 Å². The molecule has 4 aromatic rings. The fraction of sp³-hybridized carbons (Fsp3) is 0.280. The molecule has 1 saturated carbocycles. The van der Waals surface area contributed by atoms with Crippen LogP contribution in [-0.4, -0.2) is 33.0 Å². The van der Waals surface area contributed by atoms with Gasteiger partial charge in [-0.15, -0.1) is 11.3 Å². The zero-order valence-electron chi connectivity index (χ0n) is 18.3. The van der Waals surface area contributed by atoms with Crippen LogP contribution in [0.15, 0.2) is 54.3 Å². The van der Waals surface area contributed by atoms with Crippen LogP contribution < -0.4 is 10.6 Å². The summed E-state index contributed by atoms with van der Waals surface area (Å²) in [5.41, 5.74) is 4.30. The summed E-state index contributed by atoms with van der Waals surface area (Å²) in [7, 11) is 0. The first-order valence-corrected chi connectivity index (χ1v) is 12.1. The third kappa shape index (κ3) is 4.52. The lowest BCUT2D eigenvalue weighted by atomic mass is 9.93. The van der Waals surface area contributed by atoms with Gasteiger partial charge in [-0.3, -0.25) is 19.7 Å². The maximum atomic E-state index is 12.9. The van der Waals surface area contributed by atoms with Gasteiger partial charge in [0.05, 0.1) is 22.6 Å². The Balaban J connectivity index is 1.31. The molecule has 1 aliphatic carbocycles. The second-order valence-corrected chi connectivity index (χ2v) is 9.33. The number of thiophene rings is 1. The number of hydrogen-bond acceptors (Lipinski definition) is 5. The molecule has 1 aromatic carbocycles. The van der Waals surface area contributed by atoms with Crippen molar-refractivity contribution in [2.24, 2.45) is 0 Å². The van der Waals surface area contributed by atoms with Crippen LogP contribution in [0.5, 0.6) is 0 Å². The van der Waals surface area contributed by atoms with Crippen LogP contribution in [0, 0.1) is 0 Å². The molecule has 33 heavy (non-hydrogen) atoms. The van der Waals surface area contributed by atoms with Crippen molar-refractivity contribution < 1.29 is 9.59 Å². The van der Waals surface area contributed by atoms with Gasteiger partial charge in [0.2, 0.25) is 0 Å². The molecular formula is C25H25N5O2S. The molecule has 1 unspecified atom stereocenters. The molecule has 0 spiro atoms. The van der Waals surface area contributed by atoms with Crippen molar-refractivity contribution in [3.05, 3.63) is 70.3 Å². The Hall–Kier alpha value is -3.52. The number of H-pyrrole nitrogens is 1. The SMILES string of the molecule is CCC(NC(=O)c1ccc2[nH]ncc2c1)c1cncc(-c2csc(C(=O)NC3CCC3)c2)c1. The van der Waals surface area contributed by atoms with E-state index in [0.717, 1.165) is 46.9 Å². The zero-order chi connectivity index (χ0) is 22.8. The van der Waals surface area contributed by atoms with E-state index in [2.05, 4.69) is 25.8 Å². The molecule has 1 atom stereocenters. The Morgan fingerprint density at radius 3 is 2.79 bits per heavy atom. The number of hydrogen-bond donors (Lipinski definition) is 3. The summed E-state index contributed by atoms with van der Waals surface area (Å²) in [4.78, 5) is 30.5. The molecule has 168 valence electrons. The van der Waals surface area contributed by atoms with Gasteiger partial charge in [-0.2, -0.15) is 5.10 Å². The van der Waals surface area contributed by atoms with E-state index in [1.165, 1.54) is 17.8 Å². The normalized spacial score (nSPS) is 14.6. The Labute approximate surface area is 195 Å². The standard InChI is InChI=1S/C25H25N5O2S/c1-2-21(29-24(31)15-6-7-22-18(8-15)13-27-30-22)17-9-16(11-26-12-17)19-10-23(33-14-19)25(32)28-20-4-3-5-20/h6-14,20-21H,2-5H2,1H3,(H,27,30)(H,28,32)(H,29,31). The minimum atomic E-state index is -0.176. The van der Waals surface area contributed by atoms with Gasteiger partial charge in [0, 0.05) is 34.9 Å². The molecule has 0 radical (unpaired) electrons. The maximum absolute atomic E-state index is 12.9. The molecule has 0 saturated heterocycles. The molecule has 2 amide bonds. The van der Waals surface area contributed by atoms with Crippen molar-refractivity contribution >= 4 is 34.1 Å². The Kier molecular flexibility index (Phi) is 5.92. The fourth-order valence-electron chi connectivity index (χ4n) is 3.97. The van der Waals surface area contributed by atoms with Crippen LogP contribution >= 0.6 is 11.3 Å². The van der Waals surface area contributed by atoms with E-state index in [9.17, 15) is 9.59 Å². The van der Waals surface area contributed by atoms with Gasteiger partial charge in [-0.1, -0.05) is 6.92 Å². The lowest BCUT2D eigenvalue weighted by Gasteiger charge is -2.25. The summed E-state index contributed by atoms with van der Waals surface area (Å²) in [6.07, 6.45) is 9.33. The average Bonchev–Trinajstić information content (AvgIpc) is 3.49. The van der Waals surface area contributed by atoms with E-state index in [0.29, 0.717) is 16.5 Å². The Bertz CT molecular complexity index is 1310.